The van der Waals surface area contributed by atoms with E-state index in [1.165, 1.54) is 0 Å². The number of nitrogens with zero attached hydrogens (tertiary/aromatic N) is 2. The SMILES string of the molecule is Cc1nn(C)cc1C(=O)NC1CCNCC1C. The van der Waals surface area contributed by atoms with Crippen LogP contribution in [0.1, 0.15) is 29.4 Å². The molecular weight excluding hydrogens is 216 g/mol. The van der Waals surface area contributed by atoms with Crippen LogP contribution in [0, 0.1) is 12.8 Å². The number of nitrogens with one attached hydrogen (secondary N) is 2. The normalized spacial score (nSPS) is 24.6. The Morgan fingerprint density at radius 3 is 3.00 bits per heavy atom. The Balaban J connectivity index is 2.03. The van der Waals surface area contributed by atoms with Gasteiger partial charge in [-0.25, -0.2) is 0 Å². The van der Waals surface area contributed by atoms with Crippen molar-refractivity contribution in [1.29, 1.82) is 0 Å². The molecule has 17 heavy (non-hydrogen) atoms. The van der Waals surface area contributed by atoms with Gasteiger partial charge in [0.2, 0.25) is 0 Å². The molecule has 1 aromatic heterocycles. The third-order valence-corrected chi connectivity index (χ3v) is 3.36. The number of carbonyl (C=O) groups is 1. The maximum absolute atomic E-state index is 12.1. The highest BCUT2D eigenvalue weighted by molar-refractivity contribution is 5.95. The largest absolute Gasteiger partial charge is 0.349 e. The Morgan fingerprint density at radius 1 is 1.65 bits per heavy atom. The topological polar surface area (TPSA) is 59.0 Å². The number of aromatic nitrogens is 2. The molecule has 1 aliphatic rings. The quantitative estimate of drug-likeness (QED) is 0.784. The highest BCUT2D eigenvalue weighted by atomic mass is 16.1. The first-order valence-electron chi connectivity index (χ1n) is 6.09. The molecule has 0 saturated carbocycles. The van der Waals surface area contributed by atoms with E-state index in [0.717, 1.165) is 25.2 Å². The fraction of sp³-hybridized carbons (Fsp3) is 0.667. The van der Waals surface area contributed by atoms with Crippen molar-refractivity contribution >= 4 is 5.91 Å². The standard InChI is InChI=1S/C12H20N4O/c1-8-6-13-5-4-11(8)14-12(17)10-7-16(3)15-9(10)2/h7-8,11,13H,4-6H2,1-3H3,(H,14,17). The maximum atomic E-state index is 12.1. The van der Waals surface area contributed by atoms with Crippen molar-refractivity contribution in [1.82, 2.24) is 20.4 Å². The molecule has 1 amide bonds. The van der Waals surface area contributed by atoms with Crippen molar-refractivity contribution in [3.63, 3.8) is 0 Å². The number of rotatable bonds is 2. The smallest absolute Gasteiger partial charge is 0.254 e. The molecule has 2 heterocycles. The van der Waals surface area contributed by atoms with Gasteiger partial charge in [-0.05, 0) is 32.4 Å². The van der Waals surface area contributed by atoms with E-state index in [1.54, 1.807) is 10.9 Å². The lowest BCUT2D eigenvalue weighted by Crippen LogP contribution is -2.48. The molecule has 94 valence electrons. The van der Waals surface area contributed by atoms with Crippen LogP contribution < -0.4 is 10.6 Å². The lowest BCUT2D eigenvalue weighted by atomic mass is 9.95. The lowest BCUT2D eigenvalue weighted by Gasteiger charge is -2.30. The van der Waals surface area contributed by atoms with Gasteiger partial charge in [-0.3, -0.25) is 9.48 Å². The third-order valence-electron chi connectivity index (χ3n) is 3.36. The van der Waals surface area contributed by atoms with Gasteiger partial charge in [-0.1, -0.05) is 6.92 Å². The number of hydrogen-bond acceptors (Lipinski definition) is 3. The van der Waals surface area contributed by atoms with Crippen molar-refractivity contribution in [3.05, 3.63) is 17.5 Å². The lowest BCUT2D eigenvalue weighted by molar-refractivity contribution is 0.0913. The summed E-state index contributed by atoms with van der Waals surface area (Å²) in [7, 11) is 1.83. The van der Waals surface area contributed by atoms with E-state index in [1.807, 2.05) is 14.0 Å². The monoisotopic (exact) mass is 236 g/mol. The van der Waals surface area contributed by atoms with Gasteiger partial charge in [0, 0.05) is 19.3 Å². The van der Waals surface area contributed by atoms with E-state index < -0.39 is 0 Å². The molecule has 2 atom stereocenters. The Labute approximate surface area is 102 Å². The van der Waals surface area contributed by atoms with Crippen LogP contribution in [0.15, 0.2) is 6.20 Å². The van der Waals surface area contributed by atoms with Gasteiger partial charge in [-0.2, -0.15) is 5.10 Å². The van der Waals surface area contributed by atoms with Crippen LogP contribution in [-0.2, 0) is 7.05 Å². The second-order valence-corrected chi connectivity index (χ2v) is 4.85. The van der Waals surface area contributed by atoms with Crippen LogP contribution in [0.2, 0.25) is 0 Å². The van der Waals surface area contributed by atoms with Gasteiger partial charge in [0.15, 0.2) is 0 Å². The summed E-state index contributed by atoms with van der Waals surface area (Å²) in [5.74, 6) is 0.471. The number of aryl methyl sites for hydroxylation is 2. The zero-order chi connectivity index (χ0) is 12.4. The zero-order valence-electron chi connectivity index (χ0n) is 10.7. The summed E-state index contributed by atoms with van der Waals surface area (Å²) in [5, 5.41) is 10.6. The summed E-state index contributed by atoms with van der Waals surface area (Å²) < 4.78 is 1.68. The average Bonchev–Trinajstić information content (AvgIpc) is 2.61. The summed E-state index contributed by atoms with van der Waals surface area (Å²) in [6.45, 7) is 5.96. The minimum atomic E-state index is -0.00523. The van der Waals surface area contributed by atoms with Gasteiger partial charge in [-0.15, -0.1) is 0 Å². The second kappa shape index (κ2) is 4.87. The summed E-state index contributed by atoms with van der Waals surface area (Å²) in [5.41, 5.74) is 1.46. The molecule has 5 nitrogen and oxygen atoms in total. The van der Waals surface area contributed by atoms with Crippen molar-refractivity contribution < 1.29 is 4.79 Å². The van der Waals surface area contributed by atoms with E-state index in [2.05, 4.69) is 22.7 Å². The van der Waals surface area contributed by atoms with Crippen LogP contribution in [0.3, 0.4) is 0 Å². The van der Waals surface area contributed by atoms with E-state index >= 15 is 0 Å². The number of amides is 1. The van der Waals surface area contributed by atoms with E-state index in [0.29, 0.717) is 11.5 Å². The average molecular weight is 236 g/mol. The molecule has 1 fully saturated rings. The summed E-state index contributed by atoms with van der Waals surface area (Å²) >= 11 is 0. The Morgan fingerprint density at radius 2 is 2.41 bits per heavy atom. The molecular formula is C12H20N4O. The molecule has 2 unspecified atom stereocenters. The molecule has 2 rings (SSSR count). The second-order valence-electron chi connectivity index (χ2n) is 4.85. The minimum absolute atomic E-state index is 0.00523. The number of hydrogen-bond donors (Lipinski definition) is 2. The molecule has 5 heteroatoms. The van der Waals surface area contributed by atoms with Crippen molar-refractivity contribution in [2.24, 2.45) is 13.0 Å². The molecule has 1 aromatic rings. The van der Waals surface area contributed by atoms with Gasteiger partial charge < -0.3 is 10.6 Å². The van der Waals surface area contributed by atoms with Crippen LogP contribution in [0.4, 0.5) is 0 Å². The molecule has 0 aromatic carbocycles. The van der Waals surface area contributed by atoms with E-state index in [9.17, 15) is 4.79 Å². The zero-order valence-corrected chi connectivity index (χ0v) is 10.7. The molecule has 0 spiro atoms. The maximum Gasteiger partial charge on any atom is 0.254 e. The Kier molecular flexibility index (Phi) is 3.47. The van der Waals surface area contributed by atoms with Gasteiger partial charge in [0.1, 0.15) is 0 Å². The van der Waals surface area contributed by atoms with Crippen molar-refractivity contribution in [2.75, 3.05) is 13.1 Å². The Hall–Kier alpha value is -1.36. The first kappa shape index (κ1) is 12.1. The van der Waals surface area contributed by atoms with Crippen molar-refractivity contribution in [3.8, 4) is 0 Å². The predicted octanol–water partition coefficient (Wildman–Crippen LogP) is 0.456. The first-order valence-corrected chi connectivity index (χ1v) is 6.09. The molecule has 0 bridgehead atoms. The molecule has 0 radical (unpaired) electrons. The minimum Gasteiger partial charge on any atom is -0.349 e. The van der Waals surface area contributed by atoms with E-state index in [-0.39, 0.29) is 11.9 Å². The van der Waals surface area contributed by atoms with E-state index in [4.69, 9.17) is 0 Å². The van der Waals surface area contributed by atoms with Crippen molar-refractivity contribution in [2.45, 2.75) is 26.3 Å². The van der Waals surface area contributed by atoms with Crippen LogP contribution in [-0.4, -0.2) is 34.8 Å². The highest BCUT2D eigenvalue weighted by Crippen LogP contribution is 2.12. The van der Waals surface area contributed by atoms with Crippen LogP contribution >= 0.6 is 0 Å². The summed E-state index contributed by atoms with van der Waals surface area (Å²) in [6.07, 6.45) is 2.77. The first-order chi connectivity index (χ1) is 8.08. The number of piperidine rings is 1. The Bertz CT molecular complexity index is 413. The molecule has 2 N–H and O–H groups in total. The van der Waals surface area contributed by atoms with Gasteiger partial charge >= 0.3 is 0 Å². The summed E-state index contributed by atoms with van der Waals surface area (Å²) in [4.78, 5) is 12.1. The highest BCUT2D eigenvalue weighted by Gasteiger charge is 2.24. The number of carbonyl (C=O) groups excluding carboxylic acids is 1. The van der Waals surface area contributed by atoms with Gasteiger partial charge in [0.05, 0.1) is 11.3 Å². The van der Waals surface area contributed by atoms with Crippen LogP contribution in [0.25, 0.3) is 0 Å². The fourth-order valence-corrected chi connectivity index (χ4v) is 2.30. The summed E-state index contributed by atoms with van der Waals surface area (Å²) in [6, 6.07) is 0.267. The molecule has 0 aliphatic carbocycles. The van der Waals surface area contributed by atoms with Crippen LogP contribution in [0.5, 0.6) is 0 Å². The molecule has 1 aliphatic heterocycles. The fourth-order valence-electron chi connectivity index (χ4n) is 2.30. The third kappa shape index (κ3) is 2.66. The van der Waals surface area contributed by atoms with Gasteiger partial charge in [0.25, 0.3) is 5.91 Å². The molecule has 1 saturated heterocycles. The predicted molar refractivity (Wildman–Crippen MR) is 65.8 cm³/mol.